The topological polar surface area (TPSA) is 255 Å². The van der Waals surface area contributed by atoms with E-state index in [1.165, 1.54) is 5.57 Å². The van der Waals surface area contributed by atoms with Crippen molar-refractivity contribution in [1.29, 1.82) is 0 Å². The molecule has 0 bridgehead atoms. The number of ether oxygens (including phenoxy) is 1. The van der Waals surface area contributed by atoms with Crippen molar-refractivity contribution in [2.24, 2.45) is 91.7 Å². The lowest BCUT2D eigenvalue weighted by Gasteiger charge is -2.72. The summed E-state index contributed by atoms with van der Waals surface area (Å²) >= 11 is 0. The van der Waals surface area contributed by atoms with Gasteiger partial charge in [0, 0.05) is 17.9 Å². The highest BCUT2D eigenvalue weighted by molar-refractivity contribution is 5.81. The molecule has 14 heteroatoms. The Morgan fingerprint density at radius 1 is 0.710 bits per heavy atom. The second-order valence-electron chi connectivity index (χ2n) is 25.1. The van der Waals surface area contributed by atoms with Crippen molar-refractivity contribution in [3.8, 4) is 0 Å². The fraction of sp³-hybridized carbons (Fsp3) is 0.909. The molecule has 0 heterocycles. The molecule has 0 aliphatic heterocycles. The first-order valence-corrected chi connectivity index (χ1v) is 26.5. The van der Waals surface area contributed by atoms with E-state index in [1.54, 1.807) is 14.0 Å². The lowest BCUT2D eigenvalue weighted by atomic mass is 9.32. The minimum absolute atomic E-state index is 0.0292. The first-order chi connectivity index (χ1) is 31.9. The number of rotatable bonds is 16. The van der Waals surface area contributed by atoms with Crippen molar-refractivity contribution >= 4 is 17.9 Å². The zero-order chi connectivity index (χ0) is 52.6. The maximum absolute atomic E-state index is 13.5. The Kier molecular flexibility index (Phi) is 19.4. The van der Waals surface area contributed by atoms with E-state index in [-0.39, 0.29) is 64.0 Å². The summed E-state index contributed by atoms with van der Waals surface area (Å²) in [5.41, 5.74) is 0.166. The van der Waals surface area contributed by atoms with Gasteiger partial charge in [-0.25, -0.2) is 0 Å². The number of esters is 1. The molecule has 20 atom stereocenters. The van der Waals surface area contributed by atoms with Crippen LogP contribution in [0.2, 0.25) is 0 Å². The predicted molar refractivity (Wildman–Crippen MR) is 265 cm³/mol. The van der Waals surface area contributed by atoms with E-state index in [1.807, 2.05) is 34.6 Å². The van der Waals surface area contributed by atoms with E-state index in [2.05, 4.69) is 53.4 Å². The number of hydrogen-bond donors (Lipinski definition) is 10. The fourth-order valence-electron chi connectivity index (χ4n) is 15.9. The number of allylic oxidation sites excluding steroid dienone is 1. The fourth-order valence-corrected chi connectivity index (χ4v) is 15.9. The van der Waals surface area contributed by atoms with Crippen LogP contribution in [0.15, 0.2) is 12.2 Å². The van der Waals surface area contributed by atoms with Gasteiger partial charge in [0.2, 0.25) is 0 Å². The second-order valence-corrected chi connectivity index (χ2v) is 25.1. The molecular formula is C55H97NO13. The summed E-state index contributed by atoms with van der Waals surface area (Å²) in [6.45, 7) is 29.3. The molecule has 6 saturated carbocycles. The van der Waals surface area contributed by atoms with Crippen molar-refractivity contribution in [2.45, 2.75) is 203 Å². The van der Waals surface area contributed by atoms with Crippen LogP contribution in [0, 0.1) is 91.7 Å². The van der Waals surface area contributed by atoms with Gasteiger partial charge in [-0.2, -0.15) is 0 Å². The highest BCUT2D eigenvalue weighted by Crippen LogP contribution is 2.77. The molecule has 0 amide bonds. The number of hydrogen-bond acceptors (Lipinski definition) is 12. The number of aliphatic hydroxyl groups is 7. The zero-order valence-electron chi connectivity index (χ0n) is 44.7. The molecular weight excluding hydrogens is 883 g/mol. The Morgan fingerprint density at radius 3 is 1.83 bits per heavy atom. The van der Waals surface area contributed by atoms with Crippen molar-refractivity contribution < 1.29 is 65.1 Å². The van der Waals surface area contributed by atoms with Crippen molar-refractivity contribution in [3.63, 3.8) is 0 Å². The summed E-state index contributed by atoms with van der Waals surface area (Å²) in [5, 5.41) is 86.7. The molecule has 6 aliphatic carbocycles. The van der Waals surface area contributed by atoms with Gasteiger partial charge < -0.3 is 50.7 Å². The molecule has 400 valence electrons. The average molecular weight is 980 g/mol. The number of carboxylic acids is 2. The molecule has 0 aromatic carbocycles. The molecule has 0 radical (unpaired) electrons. The van der Waals surface area contributed by atoms with Crippen molar-refractivity contribution in [1.82, 2.24) is 5.32 Å². The van der Waals surface area contributed by atoms with Crippen molar-refractivity contribution in [2.75, 3.05) is 20.3 Å². The minimum Gasteiger partial charge on any atom is -0.481 e. The van der Waals surface area contributed by atoms with Gasteiger partial charge in [-0.05, 0) is 154 Å². The Hall–Kier alpha value is -2.17. The molecule has 10 N–H and O–H groups in total. The van der Waals surface area contributed by atoms with E-state index in [0.717, 1.165) is 70.6 Å². The number of carboxylic acid groups (broad SMARTS) is 2. The molecule has 6 aliphatic rings. The van der Waals surface area contributed by atoms with Gasteiger partial charge in [0.1, 0.15) is 18.4 Å². The molecule has 0 aromatic rings. The largest absolute Gasteiger partial charge is 0.481 e. The Balaban J connectivity index is 0.000000341. The first kappa shape index (κ1) is 59.4. The molecule has 6 rings (SSSR count). The summed E-state index contributed by atoms with van der Waals surface area (Å²) in [7, 11) is 1.54. The number of fused-ring (bicyclic) bond motifs is 7. The third-order valence-corrected chi connectivity index (χ3v) is 21.2. The van der Waals surface area contributed by atoms with Gasteiger partial charge in [0.05, 0.1) is 42.2 Å². The highest BCUT2D eigenvalue weighted by atomic mass is 16.5. The lowest BCUT2D eigenvalue weighted by molar-refractivity contribution is -0.252. The number of carbonyl (C=O) groups is 3. The summed E-state index contributed by atoms with van der Waals surface area (Å²) in [6.07, 6.45) is 6.97. The standard InChI is InChI=1S/C38H58O6.C10H22O3.C7H17NO4/c1-21(2)22-12-17-38(32(42)43)19-18-36(8)23(29(22)38)10-11-27-35(7)15-14-28(34(5,6)26(35)13-16-37(27,36)9)44-31(41)25-20-24(30(39)40)33(25,3)4;1-4-5-9(12)10(13)8(3)7(2)6-11;1-4(7(12)8-2)6(11)5(10)3-9/h22-29H,1,10-20H2,2-9H3,(H,39,40)(H,42,43);7-13H,4-6H2,1-3H3;4-12H,3H2,1-2H3/t22-,23?,24?,25?,26?,27?,28-,29?,35-,36+,37+,38-;7-,8-,9+,10+;4-,5+,6-,7+/m010/s1. The SMILES string of the molecule is C=C(C)[C@@H]1CC[C@]2(C(=O)O)CC[C@]3(C)C(CCC4[C@@]5(C)CC[C@H](OC(=O)C6CC(C(=O)O)C6(C)C)C(C)(C)C5CC[C@]43C)C12.CCC[C@H](O)[C@@H](O)[C@H](C)[C@H](C)CO.CN[C@H](O)[C@@H](C)[C@H](O)[C@H](O)CO. The molecule has 14 nitrogen and oxygen atoms in total. The average Bonchev–Trinajstić information content (AvgIpc) is 3.70. The van der Waals surface area contributed by atoms with Gasteiger partial charge in [0.25, 0.3) is 0 Å². The molecule has 0 aromatic heterocycles. The van der Waals surface area contributed by atoms with Crippen molar-refractivity contribution in [3.05, 3.63) is 12.2 Å². The van der Waals surface area contributed by atoms with Gasteiger partial charge in [-0.3, -0.25) is 19.7 Å². The Labute approximate surface area is 414 Å². The number of nitrogens with one attached hydrogen (secondary N) is 1. The first-order valence-electron chi connectivity index (χ1n) is 26.5. The summed E-state index contributed by atoms with van der Waals surface area (Å²) < 4.78 is 6.35. The van der Waals surface area contributed by atoms with E-state index < -0.39 is 71.9 Å². The van der Waals surface area contributed by atoms with Crippen LogP contribution in [-0.2, 0) is 19.1 Å². The zero-order valence-corrected chi connectivity index (χ0v) is 44.7. The van der Waals surface area contributed by atoms with Crippen LogP contribution >= 0.6 is 0 Å². The van der Waals surface area contributed by atoms with Crippen LogP contribution in [0.1, 0.15) is 167 Å². The maximum Gasteiger partial charge on any atom is 0.309 e. The lowest BCUT2D eigenvalue weighted by Crippen LogP contribution is -2.67. The van der Waals surface area contributed by atoms with Crippen LogP contribution in [0.5, 0.6) is 0 Å². The summed E-state index contributed by atoms with van der Waals surface area (Å²) in [6, 6.07) is 0. The third kappa shape index (κ3) is 10.8. The van der Waals surface area contributed by atoms with Crippen LogP contribution in [0.25, 0.3) is 0 Å². The summed E-state index contributed by atoms with van der Waals surface area (Å²) in [4.78, 5) is 38.1. The Bertz CT molecular complexity index is 1760. The number of aliphatic carboxylic acids is 2. The Morgan fingerprint density at radius 2 is 1.32 bits per heavy atom. The van der Waals surface area contributed by atoms with Gasteiger partial charge >= 0.3 is 17.9 Å². The number of carbonyl (C=O) groups excluding carboxylic acids is 1. The maximum atomic E-state index is 13.5. The van der Waals surface area contributed by atoms with Gasteiger partial charge in [-0.1, -0.05) is 94.7 Å². The van der Waals surface area contributed by atoms with Crippen LogP contribution in [-0.4, -0.2) is 121 Å². The van der Waals surface area contributed by atoms with Gasteiger partial charge in [0.15, 0.2) is 0 Å². The molecule has 6 unspecified atom stereocenters. The minimum atomic E-state index is -1.21. The molecule has 0 saturated heterocycles. The normalized spacial score (nSPS) is 39.6. The van der Waals surface area contributed by atoms with Crippen LogP contribution in [0.4, 0.5) is 0 Å². The van der Waals surface area contributed by atoms with Crippen LogP contribution < -0.4 is 5.32 Å². The molecule has 69 heavy (non-hydrogen) atoms. The highest BCUT2D eigenvalue weighted by Gasteiger charge is 2.72. The van der Waals surface area contributed by atoms with Crippen LogP contribution in [0.3, 0.4) is 0 Å². The smallest absolute Gasteiger partial charge is 0.309 e. The monoisotopic (exact) mass is 980 g/mol. The number of aliphatic hydroxyl groups excluding tert-OH is 7. The predicted octanol–water partition coefficient (Wildman–Crippen LogP) is 7.03. The molecule has 6 fully saturated rings. The van der Waals surface area contributed by atoms with E-state index >= 15 is 0 Å². The molecule has 0 spiro atoms. The second kappa shape index (κ2) is 22.5. The van der Waals surface area contributed by atoms with E-state index in [4.69, 9.17) is 20.1 Å². The van der Waals surface area contributed by atoms with E-state index in [9.17, 15) is 45.0 Å². The van der Waals surface area contributed by atoms with E-state index in [0.29, 0.717) is 36.5 Å². The van der Waals surface area contributed by atoms with Gasteiger partial charge in [-0.15, -0.1) is 0 Å². The third-order valence-electron chi connectivity index (χ3n) is 21.2. The quantitative estimate of drug-likeness (QED) is 0.0423. The summed E-state index contributed by atoms with van der Waals surface area (Å²) in [5.74, 6) is -1.16.